The van der Waals surface area contributed by atoms with Crippen molar-refractivity contribution in [3.8, 4) is 0 Å². The van der Waals surface area contributed by atoms with Gasteiger partial charge in [0, 0.05) is 17.6 Å². The normalized spacial score (nSPS) is 11.3. The van der Waals surface area contributed by atoms with Gasteiger partial charge in [-0.25, -0.2) is 4.98 Å². The van der Waals surface area contributed by atoms with E-state index < -0.39 is 0 Å². The molecule has 0 radical (unpaired) electrons. The zero-order chi connectivity index (χ0) is 19.8. The molecule has 0 spiro atoms. The zero-order valence-electron chi connectivity index (χ0n) is 16.3. The van der Waals surface area contributed by atoms with Crippen molar-refractivity contribution in [2.45, 2.75) is 70.6 Å². The monoisotopic (exact) mass is 409 g/mol. The van der Waals surface area contributed by atoms with Crippen LogP contribution >= 0.6 is 23.4 Å². The van der Waals surface area contributed by atoms with E-state index in [2.05, 4.69) is 31.1 Å². The van der Waals surface area contributed by atoms with Gasteiger partial charge in [-0.2, -0.15) is 0 Å². The Kier molecular flexibility index (Phi) is 8.64. The minimum atomic E-state index is -0.0735. The van der Waals surface area contributed by atoms with Crippen molar-refractivity contribution in [3.05, 3.63) is 33.6 Å². The molecular formula is C20H28ClN3O2S. The smallest absolute Gasteiger partial charge is 0.262 e. The summed E-state index contributed by atoms with van der Waals surface area (Å²) >= 11 is 7.37. The molecule has 1 aromatic carbocycles. The second-order valence-corrected chi connectivity index (χ2v) is 7.97. The van der Waals surface area contributed by atoms with E-state index >= 15 is 0 Å². The van der Waals surface area contributed by atoms with Crippen LogP contribution in [0.2, 0.25) is 5.02 Å². The van der Waals surface area contributed by atoms with Crippen molar-refractivity contribution in [2.75, 3.05) is 5.75 Å². The summed E-state index contributed by atoms with van der Waals surface area (Å²) in [6, 6.07) is 5.31. The SMILES string of the molecule is CCCCCn1c(SCC(=O)NC(CC)CC)nc2cc(Cl)ccc2c1=O. The number of fused-ring (bicyclic) bond motifs is 1. The van der Waals surface area contributed by atoms with E-state index in [-0.39, 0.29) is 23.3 Å². The molecule has 0 fully saturated rings. The maximum Gasteiger partial charge on any atom is 0.262 e. The number of rotatable bonds is 10. The third-order valence-electron chi connectivity index (χ3n) is 4.55. The molecule has 0 unspecified atom stereocenters. The van der Waals surface area contributed by atoms with Crippen LogP contribution in [-0.4, -0.2) is 27.3 Å². The second-order valence-electron chi connectivity index (χ2n) is 6.59. The quantitative estimate of drug-likeness (QED) is 0.353. The first-order valence-corrected chi connectivity index (χ1v) is 11.0. The number of carbonyl (C=O) groups excluding carboxylic acids is 1. The highest BCUT2D eigenvalue weighted by Crippen LogP contribution is 2.21. The summed E-state index contributed by atoms with van der Waals surface area (Å²) in [5, 5.41) is 4.70. The van der Waals surface area contributed by atoms with E-state index in [0.717, 1.165) is 32.1 Å². The van der Waals surface area contributed by atoms with Gasteiger partial charge in [-0.15, -0.1) is 0 Å². The summed E-state index contributed by atoms with van der Waals surface area (Å²) in [6.07, 6.45) is 4.84. The molecule has 7 heteroatoms. The van der Waals surface area contributed by atoms with Crippen molar-refractivity contribution in [3.63, 3.8) is 0 Å². The predicted molar refractivity (Wildman–Crippen MR) is 114 cm³/mol. The Labute approximate surface area is 169 Å². The maximum absolute atomic E-state index is 12.9. The van der Waals surface area contributed by atoms with E-state index in [0.29, 0.717) is 27.6 Å². The number of unbranched alkanes of at least 4 members (excludes halogenated alkanes) is 2. The standard InChI is InChI=1S/C20H28ClN3O2S/c1-4-7-8-11-24-19(26)16-10-9-14(21)12-17(16)23-20(24)27-13-18(25)22-15(5-2)6-3/h9-10,12,15H,4-8,11,13H2,1-3H3,(H,22,25). The zero-order valence-corrected chi connectivity index (χ0v) is 17.8. The minimum absolute atomic E-state index is 0.0331. The van der Waals surface area contributed by atoms with E-state index in [1.807, 2.05) is 0 Å². The van der Waals surface area contributed by atoms with Gasteiger partial charge in [0.2, 0.25) is 5.91 Å². The number of carbonyl (C=O) groups is 1. The van der Waals surface area contributed by atoms with Crippen LogP contribution in [0.1, 0.15) is 52.9 Å². The van der Waals surface area contributed by atoms with Gasteiger partial charge >= 0.3 is 0 Å². The van der Waals surface area contributed by atoms with E-state index in [1.165, 1.54) is 11.8 Å². The number of nitrogens with one attached hydrogen (secondary N) is 1. The molecule has 1 amide bonds. The Morgan fingerprint density at radius 2 is 2.00 bits per heavy atom. The van der Waals surface area contributed by atoms with Gasteiger partial charge in [0.1, 0.15) is 0 Å². The number of benzene rings is 1. The van der Waals surface area contributed by atoms with Crippen LogP contribution in [0.4, 0.5) is 0 Å². The van der Waals surface area contributed by atoms with E-state index in [4.69, 9.17) is 11.6 Å². The lowest BCUT2D eigenvalue weighted by Crippen LogP contribution is -2.35. The van der Waals surface area contributed by atoms with Crippen LogP contribution in [0.3, 0.4) is 0 Å². The topological polar surface area (TPSA) is 64.0 Å². The number of amides is 1. The van der Waals surface area contributed by atoms with Gasteiger partial charge in [-0.1, -0.05) is 57.0 Å². The van der Waals surface area contributed by atoms with Crippen LogP contribution < -0.4 is 10.9 Å². The molecule has 2 aromatic rings. The van der Waals surface area contributed by atoms with E-state index in [1.54, 1.807) is 22.8 Å². The Balaban J connectivity index is 2.27. The summed E-state index contributed by atoms with van der Waals surface area (Å²) in [7, 11) is 0. The van der Waals surface area contributed by atoms with Crippen molar-refractivity contribution >= 4 is 40.2 Å². The van der Waals surface area contributed by atoms with Gasteiger partial charge in [-0.3, -0.25) is 14.2 Å². The first kappa shape index (κ1) is 21.8. The molecule has 0 aliphatic carbocycles. The highest BCUT2D eigenvalue weighted by molar-refractivity contribution is 7.99. The highest BCUT2D eigenvalue weighted by Gasteiger charge is 2.15. The lowest BCUT2D eigenvalue weighted by molar-refractivity contribution is -0.119. The molecule has 0 bridgehead atoms. The van der Waals surface area contributed by atoms with Gasteiger partial charge in [0.15, 0.2) is 5.16 Å². The Hall–Kier alpha value is -1.53. The first-order chi connectivity index (χ1) is 13.0. The van der Waals surface area contributed by atoms with Crippen LogP contribution in [0.25, 0.3) is 10.9 Å². The lowest BCUT2D eigenvalue weighted by Gasteiger charge is -2.16. The van der Waals surface area contributed by atoms with Gasteiger partial charge < -0.3 is 5.32 Å². The van der Waals surface area contributed by atoms with Gasteiger partial charge in [0.05, 0.1) is 16.7 Å². The Morgan fingerprint density at radius 3 is 2.67 bits per heavy atom. The molecular weight excluding hydrogens is 382 g/mol. The Morgan fingerprint density at radius 1 is 1.26 bits per heavy atom. The number of aromatic nitrogens is 2. The fourth-order valence-electron chi connectivity index (χ4n) is 2.89. The first-order valence-electron chi connectivity index (χ1n) is 9.62. The van der Waals surface area contributed by atoms with Crippen molar-refractivity contribution in [2.24, 2.45) is 0 Å². The van der Waals surface area contributed by atoms with Crippen molar-refractivity contribution in [1.29, 1.82) is 0 Å². The van der Waals surface area contributed by atoms with Crippen LogP contribution in [0, 0.1) is 0 Å². The van der Waals surface area contributed by atoms with Crippen LogP contribution in [0.15, 0.2) is 28.2 Å². The Bertz CT molecular complexity index is 834. The largest absolute Gasteiger partial charge is 0.353 e. The average molecular weight is 410 g/mol. The second kappa shape index (κ2) is 10.7. The predicted octanol–water partition coefficient (Wildman–Crippen LogP) is 4.64. The van der Waals surface area contributed by atoms with Gasteiger partial charge in [0.25, 0.3) is 5.56 Å². The molecule has 27 heavy (non-hydrogen) atoms. The summed E-state index contributed by atoms with van der Waals surface area (Å²) < 4.78 is 1.70. The highest BCUT2D eigenvalue weighted by atomic mass is 35.5. The summed E-state index contributed by atoms with van der Waals surface area (Å²) in [5.74, 6) is 0.206. The minimum Gasteiger partial charge on any atom is -0.353 e. The average Bonchev–Trinajstić information content (AvgIpc) is 2.66. The molecule has 0 atom stereocenters. The molecule has 1 aromatic heterocycles. The molecule has 0 aliphatic rings. The molecule has 0 saturated carbocycles. The van der Waals surface area contributed by atoms with Crippen LogP contribution in [-0.2, 0) is 11.3 Å². The summed E-state index contributed by atoms with van der Waals surface area (Å²) in [4.78, 5) is 29.8. The van der Waals surface area contributed by atoms with Gasteiger partial charge in [-0.05, 0) is 37.5 Å². The summed E-state index contributed by atoms with van der Waals surface area (Å²) in [6.45, 7) is 6.85. The summed E-state index contributed by atoms with van der Waals surface area (Å²) in [5.41, 5.74) is 0.498. The molecule has 148 valence electrons. The number of nitrogens with zero attached hydrogens (tertiary/aromatic N) is 2. The number of hydrogen-bond acceptors (Lipinski definition) is 4. The molecule has 0 saturated heterocycles. The van der Waals surface area contributed by atoms with E-state index in [9.17, 15) is 9.59 Å². The van der Waals surface area contributed by atoms with Crippen molar-refractivity contribution in [1.82, 2.24) is 14.9 Å². The lowest BCUT2D eigenvalue weighted by atomic mass is 10.2. The fraction of sp³-hybridized carbons (Fsp3) is 0.550. The third kappa shape index (κ3) is 5.98. The third-order valence-corrected chi connectivity index (χ3v) is 5.76. The molecule has 2 rings (SSSR count). The van der Waals surface area contributed by atoms with Crippen LogP contribution in [0.5, 0.6) is 0 Å². The molecule has 0 aliphatic heterocycles. The maximum atomic E-state index is 12.9. The fourth-order valence-corrected chi connectivity index (χ4v) is 3.90. The van der Waals surface area contributed by atoms with Crippen molar-refractivity contribution < 1.29 is 4.79 Å². The number of halogens is 1. The number of thioether (sulfide) groups is 1. The number of hydrogen-bond donors (Lipinski definition) is 1. The molecule has 5 nitrogen and oxygen atoms in total. The molecule has 1 N–H and O–H groups in total. The molecule has 1 heterocycles.